The van der Waals surface area contributed by atoms with Crippen LogP contribution in [0.2, 0.25) is 0 Å². The van der Waals surface area contributed by atoms with Gasteiger partial charge in [-0.05, 0) is 62.3 Å². The normalized spacial score (nSPS) is 12.7. The molecule has 3 N–H and O–H groups in total. The lowest BCUT2D eigenvalue weighted by molar-refractivity contribution is -0.141. The largest absolute Gasteiger partial charge is 0.469 e. The van der Waals surface area contributed by atoms with Gasteiger partial charge in [0.2, 0.25) is 5.91 Å². The number of fused-ring (bicyclic) bond motifs is 3. The van der Waals surface area contributed by atoms with E-state index in [1.54, 1.807) is 20.8 Å². The Bertz CT molecular complexity index is 1260. The first kappa shape index (κ1) is 33.1. The summed E-state index contributed by atoms with van der Waals surface area (Å²) in [7, 11) is 1.23. The molecular formula is C32H41N3O8. The predicted octanol–water partition coefficient (Wildman–Crippen LogP) is 4.23. The van der Waals surface area contributed by atoms with Crippen molar-refractivity contribution in [1.29, 1.82) is 0 Å². The van der Waals surface area contributed by atoms with Crippen LogP contribution >= 0.6 is 0 Å². The summed E-state index contributed by atoms with van der Waals surface area (Å²) in [5.74, 6) is -1.56. The maximum absolute atomic E-state index is 13.0. The molecule has 43 heavy (non-hydrogen) atoms. The molecule has 3 rings (SSSR count). The molecule has 0 aliphatic heterocycles. The first-order valence-corrected chi connectivity index (χ1v) is 14.4. The third kappa shape index (κ3) is 10.4. The van der Waals surface area contributed by atoms with Gasteiger partial charge in [-0.15, -0.1) is 0 Å². The number of amides is 3. The Labute approximate surface area is 252 Å². The van der Waals surface area contributed by atoms with Gasteiger partial charge in [-0.25, -0.2) is 9.59 Å². The molecule has 2 aromatic rings. The number of ether oxygens (including phenoxy) is 3. The molecule has 11 heteroatoms. The van der Waals surface area contributed by atoms with Crippen LogP contribution in [-0.4, -0.2) is 68.3 Å². The summed E-state index contributed by atoms with van der Waals surface area (Å²) >= 11 is 0. The highest BCUT2D eigenvalue weighted by molar-refractivity contribution is 5.91. The average molecular weight is 596 g/mol. The van der Waals surface area contributed by atoms with Gasteiger partial charge < -0.3 is 30.2 Å². The summed E-state index contributed by atoms with van der Waals surface area (Å²) in [6.45, 7) is 5.42. The van der Waals surface area contributed by atoms with Crippen LogP contribution < -0.4 is 16.0 Å². The van der Waals surface area contributed by atoms with Gasteiger partial charge in [0.05, 0.1) is 20.1 Å². The zero-order valence-corrected chi connectivity index (χ0v) is 25.2. The number of methoxy groups -OCH3 is 1. The van der Waals surface area contributed by atoms with Crippen LogP contribution in [-0.2, 0) is 28.6 Å². The van der Waals surface area contributed by atoms with Gasteiger partial charge in [-0.3, -0.25) is 14.4 Å². The van der Waals surface area contributed by atoms with E-state index >= 15 is 0 Å². The zero-order chi connectivity index (χ0) is 31.4. The Morgan fingerprint density at radius 3 is 2.07 bits per heavy atom. The van der Waals surface area contributed by atoms with Gasteiger partial charge >= 0.3 is 18.2 Å². The Kier molecular flexibility index (Phi) is 12.1. The summed E-state index contributed by atoms with van der Waals surface area (Å²) in [5, 5.41) is 7.83. The Balaban J connectivity index is 1.56. The maximum Gasteiger partial charge on any atom is 0.407 e. The van der Waals surface area contributed by atoms with E-state index in [1.807, 2.05) is 48.5 Å². The van der Waals surface area contributed by atoms with Crippen LogP contribution in [0.1, 0.15) is 69.9 Å². The Morgan fingerprint density at radius 1 is 0.837 bits per heavy atom. The summed E-state index contributed by atoms with van der Waals surface area (Å²) in [5.41, 5.74) is 3.71. The number of esters is 1. The van der Waals surface area contributed by atoms with E-state index in [9.17, 15) is 24.0 Å². The molecule has 1 aliphatic carbocycles. The van der Waals surface area contributed by atoms with Gasteiger partial charge in [-0.1, -0.05) is 48.5 Å². The fourth-order valence-corrected chi connectivity index (χ4v) is 4.77. The first-order valence-electron chi connectivity index (χ1n) is 14.4. The highest BCUT2D eigenvalue weighted by atomic mass is 16.6. The number of rotatable bonds is 14. The topological polar surface area (TPSA) is 149 Å². The minimum absolute atomic E-state index is 0.0756. The van der Waals surface area contributed by atoms with E-state index in [1.165, 1.54) is 7.11 Å². The van der Waals surface area contributed by atoms with Gasteiger partial charge in [-0.2, -0.15) is 0 Å². The Hall–Kier alpha value is -4.41. The van der Waals surface area contributed by atoms with Crippen LogP contribution in [0.4, 0.5) is 9.59 Å². The summed E-state index contributed by atoms with van der Waals surface area (Å²) in [6.07, 6.45) is -0.218. The molecule has 11 nitrogen and oxygen atoms in total. The van der Waals surface area contributed by atoms with Gasteiger partial charge in [0.1, 0.15) is 18.2 Å². The van der Waals surface area contributed by atoms with Crippen molar-refractivity contribution in [2.24, 2.45) is 0 Å². The molecule has 232 valence electrons. The maximum atomic E-state index is 13.0. The second-order valence-electron chi connectivity index (χ2n) is 11.3. The number of nitrogens with one attached hydrogen (secondary N) is 3. The van der Waals surface area contributed by atoms with Crippen molar-refractivity contribution < 1.29 is 38.2 Å². The number of carbonyl (C=O) groups is 5. The minimum Gasteiger partial charge on any atom is -0.469 e. The third-order valence-electron chi connectivity index (χ3n) is 6.84. The van der Waals surface area contributed by atoms with Crippen molar-refractivity contribution in [3.05, 3.63) is 59.7 Å². The Morgan fingerprint density at radius 2 is 1.47 bits per heavy atom. The quantitative estimate of drug-likeness (QED) is 0.167. The van der Waals surface area contributed by atoms with Gasteiger partial charge in [0, 0.05) is 18.9 Å². The highest BCUT2D eigenvalue weighted by Crippen LogP contribution is 2.44. The second-order valence-corrected chi connectivity index (χ2v) is 11.3. The standard InChI is InChI=1S/C32H41N3O8/c1-32(2,3)43-30(39)33-18-10-9-15-27(29(38)34-19-21(36)16-17-28(37)41-4)35-31(40)42-20-26-24-13-7-5-11-22(24)23-12-6-8-14-25(23)26/h5-8,11-14,26-27H,9-10,15-20H2,1-4H3,(H,33,39)(H,34,38)(H,35,40)/t27-/m0/s1. The molecule has 0 saturated carbocycles. The van der Waals surface area contributed by atoms with E-state index in [4.69, 9.17) is 9.47 Å². The van der Waals surface area contributed by atoms with E-state index in [2.05, 4.69) is 20.7 Å². The lowest BCUT2D eigenvalue weighted by atomic mass is 9.98. The molecule has 0 bridgehead atoms. The third-order valence-corrected chi connectivity index (χ3v) is 6.84. The summed E-state index contributed by atoms with van der Waals surface area (Å²) in [6, 6.07) is 15.0. The zero-order valence-electron chi connectivity index (χ0n) is 25.2. The SMILES string of the molecule is COC(=O)CCC(=O)CNC(=O)[C@H](CCCCNC(=O)OC(C)(C)C)NC(=O)OCC1c2ccccc2-c2ccccc21. The molecule has 1 aliphatic rings. The van der Waals surface area contributed by atoms with Crippen molar-refractivity contribution in [3.63, 3.8) is 0 Å². The fraction of sp³-hybridized carbons (Fsp3) is 0.469. The van der Waals surface area contributed by atoms with Crippen LogP contribution in [0, 0.1) is 0 Å². The van der Waals surface area contributed by atoms with Crippen molar-refractivity contribution in [2.45, 2.75) is 70.4 Å². The summed E-state index contributed by atoms with van der Waals surface area (Å²) in [4.78, 5) is 61.2. The molecule has 3 amide bonds. The molecular weight excluding hydrogens is 554 g/mol. The number of alkyl carbamates (subject to hydrolysis) is 2. The molecule has 0 unspecified atom stereocenters. The van der Waals surface area contributed by atoms with Gasteiger partial charge in [0.15, 0.2) is 5.78 Å². The molecule has 0 heterocycles. The molecule has 2 aromatic carbocycles. The number of Topliss-reactive ketones (excluding diaryl/α,β-unsaturated/α-hetero) is 1. The van der Waals surface area contributed by atoms with Crippen LogP contribution in [0.5, 0.6) is 0 Å². The van der Waals surface area contributed by atoms with E-state index in [0.717, 1.165) is 22.3 Å². The lowest BCUT2D eigenvalue weighted by Crippen LogP contribution is -2.48. The number of hydrogen-bond acceptors (Lipinski definition) is 8. The number of unbranched alkanes of at least 4 members (excludes halogenated alkanes) is 1. The summed E-state index contributed by atoms with van der Waals surface area (Å²) < 4.78 is 15.4. The first-order chi connectivity index (χ1) is 20.5. The molecule has 0 fully saturated rings. The molecule has 0 aromatic heterocycles. The van der Waals surface area contributed by atoms with E-state index in [0.29, 0.717) is 19.4 Å². The van der Waals surface area contributed by atoms with E-state index in [-0.39, 0.29) is 44.1 Å². The highest BCUT2D eigenvalue weighted by Gasteiger charge is 2.30. The predicted molar refractivity (Wildman–Crippen MR) is 159 cm³/mol. The number of ketones is 1. The van der Waals surface area contributed by atoms with Crippen LogP contribution in [0.25, 0.3) is 11.1 Å². The minimum atomic E-state index is -0.981. The second kappa shape index (κ2) is 15.7. The van der Waals surface area contributed by atoms with Gasteiger partial charge in [0.25, 0.3) is 0 Å². The molecule has 0 radical (unpaired) electrons. The monoisotopic (exact) mass is 595 g/mol. The van der Waals surface area contributed by atoms with Crippen molar-refractivity contribution in [1.82, 2.24) is 16.0 Å². The number of carbonyl (C=O) groups excluding carboxylic acids is 5. The van der Waals surface area contributed by atoms with Crippen molar-refractivity contribution >= 4 is 29.8 Å². The van der Waals surface area contributed by atoms with Crippen LogP contribution in [0.3, 0.4) is 0 Å². The molecule has 0 saturated heterocycles. The lowest BCUT2D eigenvalue weighted by Gasteiger charge is -2.20. The van der Waals surface area contributed by atoms with E-state index < -0.39 is 35.7 Å². The molecule has 0 spiro atoms. The number of hydrogen-bond donors (Lipinski definition) is 3. The average Bonchev–Trinajstić information content (AvgIpc) is 3.29. The van der Waals surface area contributed by atoms with Crippen LogP contribution in [0.15, 0.2) is 48.5 Å². The smallest absolute Gasteiger partial charge is 0.407 e. The van der Waals surface area contributed by atoms with Crippen molar-refractivity contribution in [2.75, 3.05) is 26.8 Å². The number of benzene rings is 2. The fourth-order valence-electron chi connectivity index (χ4n) is 4.77. The molecule has 1 atom stereocenters. The van der Waals surface area contributed by atoms with Crippen molar-refractivity contribution in [3.8, 4) is 11.1 Å².